The number of carbonyl (C=O) groups is 2. The third-order valence-electron chi connectivity index (χ3n) is 10.4. The molecule has 0 saturated heterocycles. The normalized spacial score (nSPS) is 35.3. The van der Waals surface area contributed by atoms with Gasteiger partial charge in [0.05, 0.1) is 17.5 Å². The topological polar surface area (TPSA) is 96.6 Å². The van der Waals surface area contributed by atoms with E-state index < -0.39 is 17.7 Å². The van der Waals surface area contributed by atoms with Crippen LogP contribution in [0.1, 0.15) is 70.3 Å². The second kappa shape index (κ2) is 9.54. The maximum atomic E-state index is 13.9. The summed E-state index contributed by atoms with van der Waals surface area (Å²) >= 11 is 0. The highest BCUT2D eigenvalue weighted by molar-refractivity contribution is 5.86. The number of rotatable bonds is 7. The van der Waals surface area contributed by atoms with Crippen molar-refractivity contribution in [1.29, 1.82) is 0 Å². The lowest BCUT2D eigenvalue weighted by molar-refractivity contribution is -0.155. The molecule has 5 saturated carbocycles. The summed E-state index contributed by atoms with van der Waals surface area (Å²) in [5.74, 6) is -0.662. The van der Waals surface area contributed by atoms with Gasteiger partial charge in [-0.3, -0.25) is 14.6 Å². The number of aliphatic imine (C=N–C) groups is 1. The Morgan fingerprint density at radius 1 is 1.13 bits per heavy atom. The highest BCUT2D eigenvalue weighted by Gasteiger charge is 2.60. The molecule has 1 aromatic rings. The van der Waals surface area contributed by atoms with Crippen molar-refractivity contribution in [2.75, 3.05) is 6.54 Å². The molecule has 8 heteroatoms. The van der Waals surface area contributed by atoms with Gasteiger partial charge in [0.2, 0.25) is 11.8 Å². The van der Waals surface area contributed by atoms with E-state index >= 15 is 0 Å². The maximum absolute atomic E-state index is 13.9. The number of carbonyl (C=O) groups excluding carboxylic acids is 2. The van der Waals surface area contributed by atoms with Gasteiger partial charge >= 0.3 is 0 Å². The lowest BCUT2D eigenvalue weighted by Gasteiger charge is -2.60. The summed E-state index contributed by atoms with van der Waals surface area (Å²) in [6, 6.07) is 3.60. The average Bonchev–Trinajstić information content (AvgIpc) is 2.84. The van der Waals surface area contributed by atoms with Gasteiger partial charge in [-0.1, -0.05) is 12.5 Å². The van der Waals surface area contributed by atoms with Gasteiger partial charge < -0.3 is 16.4 Å². The molecule has 204 valence electrons. The second-order valence-corrected chi connectivity index (χ2v) is 12.8. The molecule has 0 spiro atoms. The Balaban J connectivity index is 1.11. The van der Waals surface area contributed by atoms with Gasteiger partial charge in [0.25, 0.3) is 0 Å². The number of hydrogen-bond acceptors (Lipinski definition) is 4. The fraction of sp³-hybridized carbons (Fsp3) is 0.633. The SMILES string of the molecule is CC1CC(NC(=O)C23CC4CC(C2)C(C(N)C(=O)NCC2(c5ccc(F)c(F)c5)CCC2)C(C4)C3)=CC=N1. The number of dihydropyridines is 1. The first-order chi connectivity index (χ1) is 18.2. The van der Waals surface area contributed by atoms with Crippen LogP contribution in [0.2, 0.25) is 0 Å². The first-order valence-corrected chi connectivity index (χ1v) is 14.2. The van der Waals surface area contributed by atoms with E-state index in [9.17, 15) is 18.4 Å². The fourth-order valence-corrected chi connectivity index (χ4v) is 8.56. The van der Waals surface area contributed by atoms with Crippen molar-refractivity contribution in [1.82, 2.24) is 10.6 Å². The Kier molecular flexibility index (Phi) is 6.44. The summed E-state index contributed by atoms with van der Waals surface area (Å²) in [5, 5.41) is 6.29. The number of nitrogens with two attached hydrogens (primary N) is 1. The van der Waals surface area contributed by atoms with Crippen LogP contribution in [-0.2, 0) is 15.0 Å². The average molecular weight is 525 g/mol. The molecule has 4 bridgehead atoms. The zero-order chi connectivity index (χ0) is 26.7. The third kappa shape index (κ3) is 4.38. The van der Waals surface area contributed by atoms with Crippen LogP contribution in [0, 0.1) is 40.7 Å². The number of allylic oxidation sites excluding steroid dienone is 1. The summed E-state index contributed by atoms with van der Waals surface area (Å²) < 4.78 is 27.4. The van der Waals surface area contributed by atoms with Crippen molar-refractivity contribution in [3.05, 3.63) is 47.2 Å². The molecule has 6 nitrogen and oxygen atoms in total. The molecule has 5 fully saturated rings. The second-order valence-electron chi connectivity index (χ2n) is 12.8. The van der Waals surface area contributed by atoms with Crippen molar-refractivity contribution in [3.63, 3.8) is 0 Å². The molecule has 0 radical (unpaired) electrons. The van der Waals surface area contributed by atoms with Gasteiger partial charge in [0.1, 0.15) is 0 Å². The predicted molar refractivity (Wildman–Crippen MR) is 141 cm³/mol. The quantitative estimate of drug-likeness (QED) is 0.500. The fourth-order valence-electron chi connectivity index (χ4n) is 8.56. The van der Waals surface area contributed by atoms with Gasteiger partial charge in [0.15, 0.2) is 11.6 Å². The third-order valence-corrected chi connectivity index (χ3v) is 10.4. The number of hydrogen-bond donors (Lipinski definition) is 3. The smallest absolute Gasteiger partial charge is 0.237 e. The molecule has 4 N–H and O–H groups in total. The summed E-state index contributed by atoms with van der Waals surface area (Å²) in [5.41, 5.74) is 7.58. The summed E-state index contributed by atoms with van der Waals surface area (Å²) in [7, 11) is 0. The van der Waals surface area contributed by atoms with E-state index in [-0.39, 0.29) is 46.4 Å². The number of nitrogens with zero attached hydrogens (tertiary/aromatic N) is 1. The van der Waals surface area contributed by atoms with Crippen molar-refractivity contribution in [3.8, 4) is 0 Å². The number of benzene rings is 1. The van der Waals surface area contributed by atoms with E-state index in [1.165, 1.54) is 6.07 Å². The first-order valence-electron chi connectivity index (χ1n) is 14.2. The van der Waals surface area contributed by atoms with Crippen molar-refractivity contribution < 1.29 is 18.4 Å². The van der Waals surface area contributed by atoms with E-state index in [0.717, 1.165) is 75.1 Å². The minimum atomic E-state index is -0.860. The van der Waals surface area contributed by atoms with Crippen LogP contribution in [-0.4, -0.2) is 36.7 Å². The van der Waals surface area contributed by atoms with Crippen LogP contribution in [0.5, 0.6) is 0 Å². The molecule has 0 aromatic heterocycles. The van der Waals surface area contributed by atoms with Crippen LogP contribution in [0.4, 0.5) is 8.78 Å². The van der Waals surface area contributed by atoms with E-state index in [2.05, 4.69) is 15.6 Å². The Labute approximate surface area is 222 Å². The van der Waals surface area contributed by atoms with Crippen molar-refractivity contribution in [2.45, 2.75) is 82.2 Å². The zero-order valence-corrected chi connectivity index (χ0v) is 22.0. The maximum Gasteiger partial charge on any atom is 0.237 e. The summed E-state index contributed by atoms with van der Waals surface area (Å²) in [6.07, 6.45) is 11.6. The molecular weight excluding hydrogens is 486 g/mol. The molecule has 2 amide bonds. The van der Waals surface area contributed by atoms with Crippen LogP contribution in [0.25, 0.3) is 0 Å². The van der Waals surface area contributed by atoms with Crippen LogP contribution < -0.4 is 16.4 Å². The van der Waals surface area contributed by atoms with Crippen molar-refractivity contribution >= 4 is 18.0 Å². The van der Waals surface area contributed by atoms with Gasteiger partial charge in [-0.25, -0.2) is 8.78 Å². The minimum absolute atomic E-state index is 0.0640. The van der Waals surface area contributed by atoms with Gasteiger partial charge in [-0.2, -0.15) is 0 Å². The standard InChI is InChI=1S/C30H38F2N4O2/c1-17-9-22(5-8-34-17)36-28(38)30-13-18-10-19(14-30)25(20(11-18)15-30)26(33)27(37)35-16-29(6-2-7-29)21-3-4-23(31)24(32)12-21/h3-5,8,12,17-20,25-26H,2,6-7,9-11,13-16,33H2,1H3,(H,35,37)(H,36,38). The summed E-state index contributed by atoms with van der Waals surface area (Å²) in [6.45, 7) is 2.42. The highest BCUT2D eigenvalue weighted by Crippen LogP contribution is 2.63. The molecule has 1 heterocycles. The zero-order valence-electron chi connectivity index (χ0n) is 22.0. The molecule has 4 atom stereocenters. The molecular formula is C30H38F2N4O2. The van der Waals surface area contributed by atoms with Crippen molar-refractivity contribution in [2.24, 2.45) is 39.8 Å². The Morgan fingerprint density at radius 2 is 1.87 bits per heavy atom. The molecule has 4 unspecified atom stereocenters. The van der Waals surface area contributed by atoms with E-state index in [0.29, 0.717) is 12.5 Å². The van der Waals surface area contributed by atoms with E-state index in [1.54, 1.807) is 12.3 Å². The minimum Gasteiger partial charge on any atom is -0.354 e. The van der Waals surface area contributed by atoms with E-state index in [1.807, 2.05) is 13.0 Å². The Morgan fingerprint density at radius 3 is 2.50 bits per heavy atom. The van der Waals surface area contributed by atoms with Gasteiger partial charge in [-0.15, -0.1) is 0 Å². The Hall–Kier alpha value is -2.61. The Bertz CT molecular complexity index is 1180. The molecule has 6 aliphatic rings. The van der Waals surface area contributed by atoms with Crippen LogP contribution in [0.15, 0.2) is 35.0 Å². The number of halogens is 2. The molecule has 1 aromatic carbocycles. The van der Waals surface area contributed by atoms with Crippen LogP contribution >= 0.6 is 0 Å². The molecule has 5 aliphatic carbocycles. The van der Waals surface area contributed by atoms with Gasteiger partial charge in [0, 0.05) is 30.3 Å². The van der Waals surface area contributed by atoms with Gasteiger partial charge in [-0.05, 0) is 99.3 Å². The first kappa shape index (κ1) is 25.7. The lowest BCUT2D eigenvalue weighted by Crippen LogP contribution is -2.62. The highest BCUT2D eigenvalue weighted by atomic mass is 19.2. The lowest BCUT2D eigenvalue weighted by atomic mass is 9.45. The number of amides is 2. The molecule has 1 aliphatic heterocycles. The molecule has 38 heavy (non-hydrogen) atoms. The largest absolute Gasteiger partial charge is 0.354 e. The number of nitrogens with one attached hydrogen (secondary N) is 2. The monoisotopic (exact) mass is 524 g/mol. The van der Waals surface area contributed by atoms with Crippen LogP contribution in [0.3, 0.4) is 0 Å². The van der Waals surface area contributed by atoms with E-state index in [4.69, 9.17) is 5.73 Å². The molecule has 7 rings (SSSR count). The summed E-state index contributed by atoms with van der Waals surface area (Å²) in [4.78, 5) is 31.3. The predicted octanol–water partition coefficient (Wildman–Crippen LogP) is 4.14.